The number of aromatic nitrogens is 1. The number of nitrogens with one attached hydrogen (secondary N) is 1. The van der Waals surface area contributed by atoms with Gasteiger partial charge in [-0.2, -0.15) is 0 Å². The normalized spacial score (nSPS) is 12.3. The van der Waals surface area contributed by atoms with Crippen LogP contribution in [0.25, 0.3) is 11.3 Å². The van der Waals surface area contributed by atoms with Crippen LogP contribution >= 0.6 is 0 Å². The van der Waals surface area contributed by atoms with E-state index >= 15 is 0 Å². The minimum atomic E-state index is -0.163. The van der Waals surface area contributed by atoms with Crippen molar-refractivity contribution in [2.24, 2.45) is 0 Å². The van der Waals surface area contributed by atoms with Gasteiger partial charge in [-0.1, -0.05) is 35.0 Å². The van der Waals surface area contributed by atoms with Crippen LogP contribution in [0.4, 0.5) is 4.79 Å². The highest BCUT2D eigenvalue weighted by Gasteiger charge is 2.20. The number of carbonyl (C=O) groups excluding carboxylic acids is 1. The van der Waals surface area contributed by atoms with Crippen molar-refractivity contribution < 1.29 is 18.8 Å². The number of nitrogens with zero attached hydrogens (tertiary/aromatic N) is 2. The van der Waals surface area contributed by atoms with Gasteiger partial charge in [0, 0.05) is 24.2 Å². The molecular weight excluding hydrogens is 394 g/mol. The molecule has 0 spiro atoms. The van der Waals surface area contributed by atoms with Crippen LogP contribution in [0.2, 0.25) is 0 Å². The molecule has 0 bridgehead atoms. The first-order valence-electron chi connectivity index (χ1n) is 10.4. The van der Waals surface area contributed by atoms with Gasteiger partial charge in [-0.3, -0.25) is 0 Å². The first-order chi connectivity index (χ1) is 14.9. The van der Waals surface area contributed by atoms with E-state index in [4.69, 9.17) is 14.0 Å². The molecule has 2 aromatic carbocycles. The third-order valence-electron chi connectivity index (χ3n) is 5.07. The van der Waals surface area contributed by atoms with Crippen LogP contribution in [0.1, 0.15) is 36.2 Å². The number of amides is 2. The van der Waals surface area contributed by atoms with Gasteiger partial charge in [0.15, 0.2) is 17.3 Å². The molecular formula is C24H27N3O4. The number of hydrogen-bond donors (Lipinski definition) is 1. The standard InChI is InChI=1S/C24H27N3O4/c1-15(2)25-24(28)27(12-18-6-8-21-23(10-18)30-14-29-21)13-19-11-22(31-26-19)20-7-5-16(3)9-17(20)4/h5-11,15H,12-14H2,1-4H3,(H,25,28). The fourth-order valence-electron chi connectivity index (χ4n) is 3.60. The molecule has 7 heteroatoms. The van der Waals surface area contributed by atoms with Crippen molar-refractivity contribution >= 4 is 6.03 Å². The highest BCUT2D eigenvalue weighted by Crippen LogP contribution is 2.33. The topological polar surface area (TPSA) is 76.8 Å². The van der Waals surface area contributed by atoms with Crippen LogP contribution in [0.15, 0.2) is 47.0 Å². The van der Waals surface area contributed by atoms with Crippen LogP contribution in [0.5, 0.6) is 11.5 Å². The zero-order valence-corrected chi connectivity index (χ0v) is 18.3. The average molecular weight is 421 g/mol. The van der Waals surface area contributed by atoms with Gasteiger partial charge in [-0.25, -0.2) is 4.79 Å². The van der Waals surface area contributed by atoms with Gasteiger partial charge in [-0.15, -0.1) is 0 Å². The SMILES string of the molecule is Cc1ccc(-c2cc(CN(Cc3ccc4c(c3)OCO4)C(=O)NC(C)C)no2)c(C)c1. The molecule has 0 saturated heterocycles. The van der Waals surface area contributed by atoms with E-state index in [9.17, 15) is 4.79 Å². The molecule has 1 aliphatic rings. The summed E-state index contributed by atoms with van der Waals surface area (Å²) in [6.45, 7) is 8.92. The lowest BCUT2D eigenvalue weighted by Gasteiger charge is -2.23. The summed E-state index contributed by atoms with van der Waals surface area (Å²) >= 11 is 0. The molecule has 0 fully saturated rings. The maximum absolute atomic E-state index is 12.9. The van der Waals surface area contributed by atoms with Crippen molar-refractivity contribution in [1.82, 2.24) is 15.4 Å². The minimum absolute atomic E-state index is 0.0230. The van der Waals surface area contributed by atoms with Gasteiger partial charge in [0.25, 0.3) is 0 Å². The molecule has 0 radical (unpaired) electrons. The van der Waals surface area contributed by atoms with E-state index in [0.717, 1.165) is 22.4 Å². The van der Waals surface area contributed by atoms with E-state index in [0.29, 0.717) is 30.3 Å². The second-order valence-corrected chi connectivity index (χ2v) is 8.15. The van der Waals surface area contributed by atoms with E-state index in [1.165, 1.54) is 5.56 Å². The Morgan fingerprint density at radius 1 is 1.06 bits per heavy atom. The number of urea groups is 1. The van der Waals surface area contributed by atoms with E-state index in [1.54, 1.807) is 4.90 Å². The van der Waals surface area contributed by atoms with Crippen LogP contribution < -0.4 is 14.8 Å². The van der Waals surface area contributed by atoms with Crippen LogP contribution in [0.3, 0.4) is 0 Å². The number of fused-ring (bicyclic) bond motifs is 1. The van der Waals surface area contributed by atoms with Gasteiger partial charge in [0.05, 0.1) is 6.54 Å². The van der Waals surface area contributed by atoms with Crippen LogP contribution in [-0.4, -0.2) is 28.9 Å². The number of carbonyl (C=O) groups is 1. The Bertz CT molecular complexity index is 1090. The average Bonchev–Trinajstić information content (AvgIpc) is 3.36. The van der Waals surface area contributed by atoms with Crippen molar-refractivity contribution in [3.05, 3.63) is 64.8 Å². The number of benzene rings is 2. The van der Waals surface area contributed by atoms with Crippen LogP contribution in [-0.2, 0) is 13.1 Å². The smallest absolute Gasteiger partial charge is 0.318 e. The van der Waals surface area contributed by atoms with E-state index in [2.05, 4.69) is 23.5 Å². The number of aryl methyl sites for hydroxylation is 2. The summed E-state index contributed by atoms with van der Waals surface area (Å²) in [6, 6.07) is 13.7. The zero-order valence-electron chi connectivity index (χ0n) is 18.3. The number of hydrogen-bond acceptors (Lipinski definition) is 5. The Morgan fingerprint density at radius 3 is 2.65 bits per heavy atom. The molecule has 0 saturated carbocycles. The summed E-state index contributed by atoms with van der Waals surface area (Å²) < 4.78 is 16.4. The van der Waals surface area contributed by atoms with Crippen molar-refractivity contribution in [2.75, 3.05) is 6.79 Å². The Balaban J connectivity index is 1.55. The summed E-state index contributed by atoms with van der Waals surface area (Å²) in [5.74, 6) is 2.11. The molecule has 1 aliphatic heterocycles. The van der Waals surface area contributed by atoms with Crippen molar-refractivity contribution in [1.29, 1.82) is 0 Å². The Kier molecular flexibility index (Phi) is 5.84. The van der Waals surface area contributed by atoms with E-state index in [-0.39, 0.29) is 18.9 Å². The molecule has 0 aliphatic carbocycles. The summed E-state index contributed by atoms with van der Waals surface area (Å²) in [5.41, 5.74) is 4.95. The highest BCUT2D eigenvalue weighted by molar-refractivity contribution is 5.74. The van der Waals surface area contributed by atoms with Crippen molar-refractivity contribution in [2.45, 2.75) is 46.8 Å². The minimum Gasteiger partial charge on any atom is -0.454 e. The quantitative estimate of drug-likeness (QED) is 0.618. The Labute approximate surface area is 181 Å². The maximum atomic E-state index is 12.9. The second-order valence-electron chi connectivity index (χ2n) is 8.15. The van der Waals surface area contributed by atoms with Crippen LogP contribution in [0, 0.1) is 13.8 Å². The largest absolute Gasteiger partial charge is 0.454 e. The monoisotopic (exact) mass is 421 g/mol. The number of rotatable bonds is 6. The van der Waals surface area contributed by atoms with E-state index < -0.39 is 0 Å². The fraction of sp³-hybridized carbons (Fsp3) is 0.333. The lowest BCUT2D eigenvalue weighted by Crippen LogP contribution is -2.42. The Morgan fingerprint density at radius 2 is 1.87 bits per heavy atom. The summed E-state index contributed by atoms with van der Waals surface area (Å²) in [5, 5.41) is 7.18. The molecule has 7 nitrogen and oxygen atoms in total. The summed E-state index contributed by atoms with van der Waals surface area (Å²) in [7, 11) is 0. The number of ether oxygens (including phenoxy) is 2. The molecule has 0 unspecified atom stereocenters. The first-order valence-corrected chi connectivity index (χ1v) is 10.4. The molecule has 0 atom stereocenters. The second kappa shape index (κ2) is 8.71. The van der Waals surface area contributed by atoms with Gasteiger partial charge in [0.1, 0.15) is 5.69 Å². The predicted molar refractivity (Wildman–Crippen MR) is 117 cm³/mol. The van der Waals surface area contributed by atoms with Gasteiger partial charge in [-0.05, 0) is 51.0 Å². The highest BCUT2D eigenvalue weighted by atomic mass is 16.7. The van der Waals surface area contributed by atoms with Gasteiger partial charge in [0.2, 0.25) is 6.79 Å². The van der Waals surface area contributed by atoms with E-state index in [1.807, 2.05) is 57.2 Å². The Hall–Kier alpha value is -3.48. The fourth-order valence-corrected chi connectivity index (χ4v) is 3.60. The molecule has 2 amide bonds. The third-order valence-corrected chi connectivity index (χ3v) is 5.07. The molecule has 2 heterocycles. The van der Waals surface area contributed by atoms with Gasteiger partial charge >= 0.3 is 6.03 Å². The lowest BCUT2D eigenvalue weighted by molar-refractivity contribution is 0.173. The lowest BCUT2D eigenvalue weighted by atomic mass is 10.0. The molecule has 1 aromatic heterocycles. The molecule has 1 N–H and O–H groups in total. The molecule has 162 valence electrons. The zero-order chi connectivity index (χ0) is 22.0. The van der Waals surface area contributed by atoms with Crippen molar-refractivity contribution in [3.8, 4) is 22.8 Å². The molecule has 4 rings (SSSR count). The van der Waals surface area contributed by atoms with Gasteiger partial charge < -0.3 is 24.2 Å². The summed E-state index contributed by atoms with van der Waals surface area (Å²) in [6.07, 6.45) is 0. The molecule has 3 aromatic rings. The van der Waals surface area contributed by atoms with Crippen molar-refractivity contribution in [3.63, 3.8) is 0 Å². The predicted octanol–water partition coefficient (Wildman–Crippen LogP) is 4.81. The maximum Gasteiger partial charge on any atom is 0.318 e. The first kappa shape index (κ1) is 20.8. The molecule has 31 heavy (non-hydrogen) atoms. The summed E-state index contributed by atoms with van der Waals surface area (Å²) in [4.78, 5) is 14.6. The third kappa shape index (κ3) is 4.82.